The Morgan fingerprint density at radius 1 is 1.69 bits per heavy atom. The van der Waals surface area contributed by atoms with Crippen LogP contribution in [0.5, 0.6) is 0 Å². The average molecular weight is 182 g/mol. The van der Waals surface area contributed by atoms with Gasteiger partial charge in [0.25, 0.3) is 0 Å². The monoisotopic (exact) mass is 182 g/mol. The Morgan fingerprint density at radius 3 is 2.69 bits per heavy atom. The molecule has 1 aromatic heterocycles. The second-order valence-corrected chi connectivity index (χ2v) is 3.36. The standard InChI is InChI=1S/C9H14N2O2/c1-6(2)11-7(3)8(5-10-11)4-9(12)13/h5-6H,4H2,1-3H3,(H,12,13). The number of hydrogen-bond donors (Lipinski definition) is 1. The zero-order chi connectivity index (χ0) is 10.0. The van der Waals surface area contributed by atoms with Gasteiger partial charge in [-0.05, 0) is 20.8 Å². The Bertz CT molecular complexity index is 315. The van der Waals surface area contributed by atoms with E-state index in [2.05, 4.69) is 5.10 Å². The highest BCUT2D eigenvalue weighted by Crippen LogP contribution is 2.12. The van der Waals surface area contributed by atoms with Crippen LogP contribution in [0.25, 0.3) is 0 Å². The van der Waals surface area contributed by atoms with Crippen molar-refractivity contribution >= 4 is 5.97 Å². The quantitative estimate of drug-likeness (QED) is 0.768. The van der Waals surface area contributed by atoms with Gasteiger partial charge in [0.05, 0.1) is 12.6 Å². The average Bonchev–Trinajstić information content (AvgIpc) is 2.32. The molecule has 1 N–H and O–H groups in total. The molecule has 1 rings (SSSR count). The van der Waals surface area contributed by atoms with E-state index in [1.165, 1.54) is 0 Å². The molecule has 0 saturated carbocycles. The summed E-state index contributed by atoms with van der Waals surface area (Å²) in [5.74, 6) is -0.814. The van der Waals surface area contributed by atoms with Gasteiger partial charge in [0.1, 0.15) is 0 Å². The number of nitrogens with zero attached hydrogens (tertiary/aromatic N) is 2. The zero-order valence-electron chi connectivity index (χ0n) is 8.11. The topological polar surface area (TPSA) is 55.1 Å². The van der Waals surface area contributed by atoms with Gasteiger partial charge in [-0.15, -0.1) is 0 Å². The third-order valence-corrected chi connectivity index (χ3v) is 1.98. The van der Waals surface area contributed by atoms with Gasteiger partial charge in [0.15, 0.2) is 0 Å². The smallest absolute Gasteiger partial charge is 0.307 e. The maximum atomic E-state index is 10.5. The second-order valence-electron chi connectivity index (χ2n) is 3.36. The highest BCUT2D eigenvalue weighted by Gasteiger charge is 2.10. The number of rotatable bonds is 3. The normalized spacial score (nSPS) is 10.8. The van der Waals surface area contributed by atoms with Crippen LogP contribution in [0.4, 0.5) is 0 Å². The minimum Gasteiger partial charge on any atom is -0.481 e. The summed E-state index contributed by atoms with van der Waals surface area (Å²) in [6, 6.07) is 0.280. The first-order valence-corrected chi connectivity index (χ1v) is 4.27. The van der Waals surface area contributed by atoms with Crippen LogP contribution in [-0.2, 0) is 11.2 Å². The summed E-state index contributed by atoms with van der Waals surface area (Å²) in [6.07, 6.45) is 1.68. The third kappa shape index (κ3) is 2.08. The Hall–Kier alpha value is -1.32. The predicted molar refractivity (Wildman–Crippen MR) is 48.7 cm³/mol. The van der Waals surface area contributed by atoms with E-state index in [4.69, 9.17) is 5.11 Å². The van der Waals surface area contributed by atoms with Gasteiger partial charge in [-0.2, -0.15) is 5.10 Å². The molecule has 4 nitrogen and oxygen atoms in total. The van der Waals surface area contributed by atoms with E-state index in [1.54, 1.807) is 6.20 Å². The van der Waals surface area contributed by atoms with Crippen LogP contribution in [0, 0.1) is 6.92 Å². The minimum absolute atomic E-state index is 0.0541. The van der Waals surface area contributed by atoms with Gasteiger partial charge in [-0.1, -0.05) is 0 Å². The lowest BCUT2D eigenvalue weighted by Gasteiger charge is -2.07. The Labute approximate surface area is 77.2 Å². The van der Waals surface area contributed by atoms with Crippen molar-refractivity contribution in [2.75, 3.05) is 0 Å². The van der Waals surface area contributed by atoms with E-state index in [-0.39, 0.29) is 12.5 Å². The molecule has 0 radical (unpaired) electrons. The van der Waals surface area contributed by atoms with Crippen molar-refractivity contribution in [1.82, 2.24) is 9.78 Å². The van der Waals surface area contributed by atoms with E-state index in [0.717, 1.165) is 11.3 Å². The first-order valence-electron chi connectivity index (χ1n) is 4.27. The summed E-state index contributed by atoms with van der Waals surface area (Å²) in [5, 5.41) is 12.7. The van der Waals surface area contributed by atoms with Crippen molar-refractivity contribution in [2.24, 2.45) is 0 Å². The maximum Gasteiger partial charge on any atom is 0.307 e. The summed E-state index contributed by atoms with van der Waals surface area (Å²) in [7, 11) is 0. The number of carbonyl (C=O) groups is 1. The minimum atomic E-state index is -0.814. The van der Waals surface area contributed by atoms with Gasteiger partial charge in [-0.3, -0.25) is 9.48 Å². The van der Waals surface area contributed by atoms with Crippen LogP contribution in [-0.4, -0.2) is 20.9 Å². The molecule has 0 aromatic carbocycles. The van der Waals surface area contributed by atoms with Crippen molar-refractivity contribution in [3.63, 3.8) is 0 Å². The highest BCUT2D eigenvalue weighted by atomic mass is 16.4. The van der Waals surface area contributed by atoms with Crippen LogP contribution in [0.1, 0.15) is 31.1 Å². The van der Waals surface area contributed by atoms with Crippen molar-refractivity contribution in [1.29, 1.82) is 0 Å². The van der Waals surface area contributed by atoms with Gasteiger partial charge in [-0.25, -0.2) is 0 Å². The molecule has 0 amide bonds. The molecule has 4 heteroatoms. The van der Waals surface area contributed by atoms with E-state index >= 15 is 0 Å². The summed E-state index contributed by atoms with van der Waals surface area (Å²) < 4.78 is 1.83. The van der Waals surface area contributed by atoms with Crippen LogP contribution in [0.15, 0.2) is 6.20 Å². The van der Waals surface area contributed by atoms with Crippen LogP contribution in [0.2, 0.25) is 0 Å². The van der Waals surface area contributed by atoms with Crippen LogP contribution in [0.3, 0.4) is 0 Å². The fourth-order valence-corrected chi connectivity index (χ4v) is 1.32. The van der Waals surface area contributed by atoms with Gasteiger partial charge >= 0.3 is 5.97 Å². The first kappa shape index (κ1) is 9.77. The molecule has 0 bridgehead atoms. The summed E-state index contributed by atoms with van der Waals surface area (Å²) >= 11 is 0. The number of aromatic nitrogens is 2. The number of carboxylic acid groups (broad SMARTS) is 1. The van der Waals surface area contributed by atoms with E-state index in [1.807, 2.05) is 25.5 Å². The third-order valence-electron chi connectivity index (χ3n) is 1.98. The van der Waals surface area contributed by atoms with Crippen molar-refractivity contribution in [3.05, 3.63) is 17.5 Å². The van der Waals surface area contributed by atoms with Crippen LogP contribution < -0.4 is 0 Å². The van der Waals surface area contributed by atoms with E-state index in [9.17, 15) is 4.79 Å². The molecular weight excluding hydrogens is 168 g/mol. The lowest BCUT2D eigenvalue weighted by Crippen LogP contribution is -2.06. The fraction of sp³-hybridized carbons (Fsp3) is 0.556. The van der Waals surface area contributed by atoms with E-state index < -0.39 is 5.97 Å². The zero-order valence-corrected chi connectivity index (χ0v) is 8.11. The predicted octanol–water partition coefficient (Wildman–Crippen LogP) is 1.40. The van der Waals surface area contributed by atoms with Gasteiger partial charge in [0, 0.05) is 17.3 Å². The number of hydrogen-bond acceptors (Lipinski definition) is 2. The molecule has 0 aliphatic rings. The van der Waals surface area contributed by atoms with Crippen molar-refractivity contribution in [3.8, 4) is 0 Å². The highest BCUT2D eigenvalue weighted by molar-refractivity contribution is 5.70. The van der Waals surface area contributed by atoms with Crippen LogP contribution >= 0.6 is 0 Å². The summed E-state index contributed by atoms with van der Waals surface area (Å²) in [6.45, 7) is 5.93. The van der Waals surface area contributed by atoms with Gasteiger partial charge in [0.2, 0.25) is 0 Å². The Kier molecular flexibility index (Phi) is 2.70. The van der Waals surface area contributed by atoms with E-state index in [0.29, 0.717) is 0 Å². The summed E-state index contributed by atoms with van der Waals surface area (Å²) in [4.78, 5) is 10.5. The molecule has 0 atom stereocenters. The molecule has 0 fully saturated rings. The lowest BCUT2D eigenvalue weighted by atomic mass is 10.2. The molecule has 13 heavy (non-hydrogen) atoms. The molecule has 1 aromatic rings. The molecule has 0 aliphatic heterocycles. The number of carboxylic acids is 1. The lowest BCUT2D eigenvalue weighted by molar-refractivity contribution is -0.136. The summed E-state index contributed by atoms with van der Waals surface area (Å²) in [5.41, 5.74) is 1.73. The molecule has 1 heterocycles. The molecule has 0 aliphatic carbocycles. The number of aliphatic carboxylic acids is 1. The molecule has 0 saturated heterocycles. The molecule has 0 spiro atoms. The SMILES string of the molecule is Cc1c(CC(=O)O)cnn1C(C)C. The largest absolute Gasteiger partial charge is 0.481 e. The Morgan fingerprint density at radius 2 is 2.31 bits per heavy atom. The fourth-order valence-electron chi connectivity index (χ4n) is 1.32. The first-order chi connectivity index (χ1) is 6.02. The maximum absolute atomic E-state index is 10.5. The van der Waals surface area contributed by atoms with Gasteiger partial charge < -0.3 is 5.11 Å². The Balaban J connectivity index is 2.92. The molecule has 0 unspecified atom stereocenters. The second kappa shape index (κ2) is 3.60. The molecular formula is C9H14N2O2. The van der Waals surface area contributed by atoms with Crippen molar-refractivity contribution < 1.29 is 9.90 Å². The molecule has 72 valence electrons. The van der Waals surface area contributed by atoms with Crippen molar-refractivity contribution in [2.45, 2.75) is 33.2 Å².